The lowest BCUT2D eigenvalue weighted by atomic mass is 10.2. The highest BCUT2D eigenvalue weighted by Crippen LogP contribution is 2.23. The van der Waals surface area contributed by atoms with Crippen LogP contribution in [0, 0.1) is 0 Å². The van der Waals surface area contributed by atoms with E-state index in [1.807, 2.05) is 18.2 Å². The summed E-state index contributed by atoms with van der Waals surface area (Å²) in [5.74, 6) is 0.989. The van der Waals surface area contributed by atoms with Crippen molar-refractivity contribution < 1.29 is 9.15 Å². The van der Waals surface area contributed by atoms with Crippen LogP contribution in [0.4, 0.5) is 0 Å². The minimum Gasteiger partial charge on any atom is -0.459 e. The van der Waals surface area contributed by atoms with Crippen LogP contribution in [0.2, 0.25) is 0 Å². The summed E-state index contributed by atoms with van der Waals surface area (Å²) in [5, 5.41) is 4.58. The first-order valence-electron chi connectivity index (χ1n) is 6.02. The van der Waals surface area contributed by atoms with Gasteiger partial charge in [-0.2, -0.15) is 0 Å². The van der Waals surface area contributed by atoms with Crippen molar-refractivity contribution in [3.05, 3.63) is 36.1 Å². The molecule has 3 heteroatoms. The summed E-state index contributed by atoms with van der Waals surface area (Å²) in [4.78, 5) is 0. The van der Waals surface area contributed by atoms with Crippen LogP contribution in [-0.4, -0.2) is 20.3 Å². The van der Waals surface area contributed by atoms with E-state index in [9.17, 15) is 0 Å². The van der Waals surface area contributed by atoms with Gasteiger partial charge in [0.2, 0.25) is 0 Å². The van der Waals surface area contributed by atoms with Crippen LogP contribution in [0.1, 0.15) is 25.1 Å². The second kappa shape index (κ2) is 5.84. The molecule has 1 unspecified atom stereocenters. The molecule has 1 N–H and O–H groups in total. The number of benzene rings is 1. The second-order valence-electron chi connectivity index (χ2n) is 4.21. The lowest BCUT2D eigenvalue weighted by Crippen LogP contribution is -2.20. The van der Waals surface area contributed by atoms with Gasteiger partial charge in [0.1, 0.15) is 11.3 Å². The molecule has 2 aromatic rings. The second-order valence-corrected chi connectivity index (χ2v) is 4.21. The van der Waals surface area contributed by atoms with Crippen LogP contribution in [0.15, 0.2) is 34.7 Å². The molecule has 1 atom stereocenters. The third kappa shape index (κ3) is 3.08. The quantitative estimate of drug-likeness (QED) is 0.778. The van der Waals surface area contributed by atoms with E-state index in [-0.39, 0.29) is 6.04 Å². The summed E-state index contributed by atoms with van der Waals surface area (Å²) in [6, 6.07) is 10.4. The van der Waals surface area contributed by atoms with Crippen molar-refractivity contribution in [2.75, 3.05) is 20.3 Å². The van der Waals surface area contributed by atoms with Crippen molar-refractivity contribution in [2.24, 2.45) is 0 Å². The zero-order chi connectivity index (χ0) is 12.1. The number of hydrogen-bond acceptors (Lipinski definition) is 3. The van der Waals surface area contributed by atoms with Crippen LogP contribution in [0.3, 0.4) is 0 Å². The Morgan fingerprint density at radius 1 is 1.35 bits per heavy atom. The first-order chi connectivity index (χ1) is 8.31. The van der Waals surface area contributed by atoms with Gasteiger partial charge in [-0.25, -0.2) is 0 Å². The normalized spacial score (nSPS) is 13.1. The molecule has 3 nitrogen and oxygen atoms in total. The number of para-hydroxylation sites is 1. The molecule has 0 fully saturated rings. The molecule has 0 radical (unpaired) electrons. The van der Waals surface area contributed by atoms with Crippen LogP contribution in [0.25, 0.3) is 11.0 Å². The maximum atomic E-state index is 5.79. The van der Waals surface area contributed by atoms with E-state index in [2.05, 4.69) is 24.4 Å². The maximum absolute atomic E-state index is 5.79. The number of ether oxygens (including phenoxy) is 1. The Bertz CT molecular complexity index is 431. The fourth-order valence-corrected chi connectivity index (χ4v) is 1.85. The molecule has 1 aromatic heterocycles. The lowest BCUT2D eigenvalue weighted by molar-refractivity contribution is 0.193. The fraction of sp³-hybridized carbons (Fsp3) is 0.429. The van der Waals surface area contributed by atoms with Crippen molar-refractivity contribution in [3.63, 3.8) is 0 Å². The molecular weight excluding hydrogens is 214 g/mol. The largest absolute Gasteiger partial charge is 0.459 e. The van der Waals surface area contributed by atoms with Gasteiger partial charge in [-0.05, 0) is 32.0 Å². The first kappa shape index (κ1) is 12.1. The SMILES string of the molecule is COCCCNC(C)c1cc2ccccc2o1. The van der Waals surface area contributed by atoms with Crippen molar-refractivity contribution >= 4 is 11.0 Å². The molecule has 1 aromatic carbocycles. The van der Waals surface area contributed by atoms with E-state index in [1.54, 1.807) is 7.11 Å². The van der Waals surface area contributed by atoms with E-state index in [4.69, 9.17) is 9.15 Å². The molecular formula is C14H19NO2. The van der Waals surface area contributed by atoms with Crippen molar-refractivity contribution in [1.82, 2.24) is 5.32 Å². The van der Waals surface area contributed by atoms with Crippen LogP contribution >= 0.6 is 0 Å². The molecule has 0 saturated carbocycles. The number of fused-ring (bicyclic) bond motifs is 1. The topological polar surface area (TPSA) is 34.4 Å². The Balaban J connectivity index is 1.96. The molecule has 0 saturated heterocycles. The number of rotatable bonds is 6. The van der Waals surface area contributed by atoms with Crippen LogP contribution in [-0.2, 0) is 4.74 Å². The highest BCUT2D eigenvalue weighted by molar-refractivity contribution is 5.77. The molecule has 0 aliphatic heterocycles. The predicted molar refractivity (Wildman–Crippen MR) is 69.1 cm³/mol. The van der Waals surface area contributed by atoms with Gasteiger partial charge in [0.05, 0.1) is 6.04 Å². The summed E-state index contributed by atoms with van der Waals surface area (Å²) in [5.41, 5.74) is 0.952. The lowest BCUT2D eigenvalue weighted by Gasteiger charge is -2.10. The standard InChI is InChI=1S/C14H19NO2/c1-11(15-8-5-9-16-2)14-10-12-6-3-4-7-13(12)17-14/h3-4,6-7,10-11,15H,5,8-9H2,1-2H3. The van der Waals surface area contributed by atoms with Gasteiger partial charge < -0.3 is 14.5 Å². The van der Waals surface area contributed by atoms with Gasteiger partial charge in [-0.1, -0.05) is 18.2 Å². The van der Waals surface area contributed by atoms with Gasteiger partial charge >= 0.3 is 0 Å². The number of nitrogens with one attached hydrogen (secondary N) is 1. The fourth-order valence-electron chi connectivity index (χ4n) is 1.85. The number of methoxy groups -OCH3 is 1. The highest BCUT2D eigenvalue weighted by Gasteiger charge is 2.10. The van der Waals surface area contributed by atoms with Crippen molar-refractivity contribution in [2.45, 2.75) is 19.4 Å². The molecule has 0 spiro atoms. The van der Waals surface area contributed by atoms with E-state index in [0.29, 0.717) is 0 Å². The molecule has 17 heavy (non-hydrogen) atoms. The minimum atomic E-state index is 0.235. The molecule has 0 aliphatic carbocycles. The Morgan fingerprint density at radius 3 is 2.94 bits per heavy atom. The monoisotopic (exact) mass is 233 g/mol. The van der Waals surface area contributed by atoms with Gasteiger partial charge in [0.25, 0.3) is 0 Å². The minimum absolute atomic E-state index is 0.235. The van der Waals surface area contributed by atoms with E-state index >= 15 is 0 Å². The zero-order valence-electron chi connectivity index (χ0n) is 10.4. The summed E-state index contributed by atoms with van der Waals surface area (Å²) in [7, 11) is 1.72. The summed E-state index contributed by atoms with van der Waals surface area (Å²) in [6.45, 7) is 3.84. The van der Waals surface area contributed by atoms with Crippen molar-refractivity contribution in [3.8, 4) is 0 Å². The molecule has 1 heterocycles. The molecule has 2 rings (SSSR count). The summed E-state index contributed by atoms with van der Waals surface area (Å²) in [6.07, 6.45) is 1.01. The summed E-state index contributed by atoms with van der Waals surface area (Å²) < 4.78 is 10.8. The molecule has 92 valence electrons. The Labute approximate surface area is 102 Å². The van der Waals surface area contributed by atoms with Gasteiger partial charge in [0, 0.05) is 19.1 Å². The third-order valence-electron chi connectivity index (χ3n) is 2.85. The average molecular weight is 233 g/mol. The summed E-state index contributed by atoms with van der Waals surface area (Å²) >= 11 is 0. The molecule has 0 bridgehead atoms. The van der Waals surface area contributed by atoms with E-state index in [0.717, 1.165) is 36.3 Å². The van der Waals surface area contributed by atoms with Crippen molar-refractivity contribution in [1.29, 1.82) is 0 Å². The third-order valence-corrected chi connectivity index (χ3v) is 2.85. The highest BCUT2D eigenvalue weighted by atomic mass is 16.5. The maximum Gasteiger partial charge on any atom is 0.134 e. The van der Waals surface area contributed by atoms with E-state index < -0.39 is 0 Å². The van der Waals surface area contributed by atoms with Crippen LogP contribution in [0.5, 0.6) is 0 Å². The molecule has 0 aliphatic rings. The Morgan fingerprint density at radius 2 is 2.18 bits per heavy atom. The first-order valence-corrected chi connectivity index (χ1v) is 6.02. The van der Waals surface area contributed by atoms with E-state index in [1.165, 1.54) is 0 Å². The molecule has 0 amide bonds. The smallest absolute Gasteiger partial charge is 0.134 e. The number of hydrogen-bond donors (Lipinski definition) is 1. The Kier molecular flexibility index (Phi) is 4.18. The van der Waals surface area contributed by atoms with Crippen LogP contribution < -0.4 is 5.32 Å². The van der Waals surface area contributed by atoms with Gasteiger partial charge in [-0.15, -0.1) is 0 Å². The zero-order valence-corrected chi connectivity index (χ0v) is 10.4. The van der Waals surface area contributed by atoms with Gasteiger partial charge in [-0.3, -0.25) is 0 Å². The predicted octanol–water partition coefficient (Wildman–Crippen LogP) is 3.12. The number of furan rings is 1. The van der Waals surface area contributed by atoms with Gasteiger partial charge in [0.15, 0.2) is 0 Å². The Hall–Kier alpha value is -1.32. The average Bonchev–Trinajstić information content (AvgIpc) is 2.78.